The number of allylic oxidation sites excluding steroid dienone is 1. The number of aliphatic imine (C=N–C) groups is 1. The maximum atomic E-state index is 11.6. The van der Waals surface area contributed by atoms with Crippen LogP contribution in [0, 0.1) is 0 Å². The van der Waals surface area contributed by atoms with Crippen LogP contribution in [0.5, 0.6) is 0 Å². The fraction of sp³-hybridized carbons (Fsp3) is 0.286. The molecule has 0 N–H and O–H groups in total. The van der Waals surface area contributed by atoms with Crippen LogP contribution in [0.4, 0.5) is 0 Å². The molecule has 90 valence electrons. The average molecular weight is 231 g/mol. The molecule has 0 unspecified atom stereocenters. The molecule has 0 saturated heterocycles. The third-order valence-electron chi connectivity index (χ3n) is 2.34. The van der Waals surface area contributed by atoms with Gasteiger partial charge in [0.1, 0.15) is 5.70 Å². The molecule has 0 aliphatic heterocycles. The molecule has 0 radical (unpaired) electrons. The number of hydrogen-bond acceptors (Lipinski definition) is 3. The van der Waals surface area contributed by atoms with Crippen molar-refractivity contribution in [2.24, 2.45) is 4.99 Å². The van der Waals surface area contributed by atoms with Crippen LogP contribution in [0.15, 0.2) is 46.6 Å². The van der Waals surface area contributed by atoms with E-state index in [0.717, 1.165) is 11.1 Å². The number of carbonyl (C=O) groups is 1. The summed E-state index contributed by atoms with van der Waals surface area (Å²) in [5.74, 6) is -0.407. The summed E-state index contributed by atoms with van der Waals surface area (Å²) in [7, 11) is 0. The van der Waals surface area contributed by atoms with E-state index in [4.69, 9.17) is 4.74 Å². The predicted molar refractivity (Wildman–Crippen MR) is 69.0 cm³/mol. The van der Waals surface area contributed by atoms with E-state index in [1.165, 1.54) is 0 Å². The van der Waals surface area contributed by atoms with Gasteiger partial charge in [0.05, 0.1) is 6.61 Å². The standard InChI is InChI=1S/C14H17NO2/c1-4-17-14(16)13(15-3)11(2)10-12-8-6-5-7-9-12/h5-9H,3-4,10H2,1-2H3/b13-11-. The first-order valence-electron chi connectivity index (χ1n) is 5.56. The van der Waals surface area contributed by atoms with Crippen LogP contribution in [0.2, 0.25) is 0 Å². The highest BCUT2D eigenvalue weighted by Gasteiger charge is 2.12. The van der Waals surface area contributed by atoms with E-state index in [0.29, 0.717) is 18.7 Å². The average Bonchev–Trinajstić information content (AvgIpc) is 2.31. The van der Waals surface area contributed by atoms with E-state index in [1.807, 2.05) is 37.3 Å². The van der Waals surface area contributed by atoms with Crippen LogP contribution in [0.1, 0.15) is 19.4 Å². The Kier molecular flexibility index (Phi) is 5.14. The van der Waals surface area contributed by atoms with Gasteiger partial charge in [-0.1, -0.05) is 30.3 Å². The third-order valence-corrected chi connectivity index (χ3v) is 2.34. The minimum atomic E-state index is -0.407. The quantitative estimate of drug-likeness (QED) is 0.444. The van der Waals surface area contributed by atoms with Crippen LogP contribution in [-0.4, -0.2) is 19.3 Å². The lowest BCUT2D eigenvalue weighted by Crippen LogP contribution is -2.08. The van der Waals surface area contributed by atoms with Crippen LogP contribution in [0.3, 0.4) is 0 Å². The van der Waals surface area contributed by atoms with Gasteiger partial charge in [-0.05, 0) is 38.1 Å². The number of esters is 1. The summed E-state index contributed by atoms with van der Waals surface area (Å²) in [6.45, 7) is 7.40. The predicted octanol–water partition coefficient (Wildman–Crippen LogP) is 2.77. The minimum absolute atomic E-state index is 0.315. The zero-order valence-electron chi connectivity index (χ0n) is 10.3. The van der Waals surface area contributed by atoms with Crippen LogP contribution >= 0.6 is 0 Å². The van der Waals surface area contributed by atoms with Crippen molar-refractivity contribution in [1.29, 1.82) is 0 Å². The number of benzene rings is 1. The molecule has 1 aromatic carbocycles. The topological polar surface area (TPSA) is 38.7 Å². The summed E-state index contributed by atoms with van der Waals surface area (Å²) in [6, 6.07) is 9.91. The lowest BCUT2D eigenvalue weighted by molar-refractivity contribution is -0.138. The molecule has 0 aromatic heterocycles. The monoisotopic (exact) mass is 231 g/mol. The van der Waals surface area contributed by atoms with E-state index >= 15 is 0 Å². The molecule has 0 fully saturated rings. The van der Waals surface area contributed by atoms with Crippen LogP contribution in [-0.2, 0) is 16.0 Å². The molecule has 0 bridgehead atoms. The van der Waals surface area contributed by atoms with Crippen molar-refractivity contribution in [1.82, 2.24) is 0 Å². The Morgan fingerprint density at radius 1 is 1.35 bits per heavy atom. The Morgan fingerprint density at radius 2 is 2.00 bits per heavy atom. The smallest absolute Gasteiger partial charge is 0.356 e. The second kappa shape index (κ2) is 6.63. The highest BCUT2D eigenvalue weighted by Crippen LogP contribution is 2.13. The summed E-state index contributed by atoms with van der Waals surface area (Å²) in [6.07, 6.45) is 0.675. The zero-order chi connectivity index (χ0) is 12.7. The molecule has 0 amide bonds. The molecular weight excluding hydrogens is 214 g/mol. The summed E-state index contributed by atoms with van der Waals surface area (Å²) in [5.41, 5.74) is 2.32. The highest BCUT2D eigenvalue weighted by atomic mass is 16.5. The van der Waals surface area contributed by atoms with E-state index in [2.05, 4.69) is 11.7 Å². The van der Waals surface area contributed by atoms with Crippen molar-refractivity contribution in [2.45, 2.75) is 20.3 Å². The van der Waals surface area contributed by atoms with E-state index in [9.17, 15) is 4.79 Å². The first-order valence-corrected chi connectivity index (χ1v) is 5.56. The Labute approximate surface area is 102 Å². The van der Waals surface area contributed by atoms with Gasteiger partial charge < -0.3 is 4.74 Å². The van der Waals surface area contributed by atoms with Crippen molar-refractivity contribution in [3.05, 3.63) is 47.2 Å². The summed E-state index contributed by atoms with van der Waals surface area (Å²) < 4.78 is 4.92. The molecule has 1 aromatic rings. The molecule has 3 heteroatoms. The molecule has 0 saturated carbocycles. The van der Waals surface area contributed by atoms with Gasteiger partial charge in [0.2, 0.25) is 0 Å². The maximum Gasteiger partial charge on any atom is 0.356 e. The molecular formula is C14H17NO2. The zero-order valence-corrected chi connectivity index (χ0v) is 10.3. The van der Waals surface area contributed by atoms with E-state index in [1.54, 1.807) is 6.92 Å². The first-order chi connectivity index (χ1) is 8.19. The largest absolute Gasteiger partial charge is 0.461 e. The molecule has 1 rings (SSSR count). The Bertz CT molecular complexity index is 421. The molecule has 0 aliphatic carbocycles. The maximum absolute atomic E-state index is 11.6. The molecule has 0 spiro atoms. The number of ether oxygens (including phenoxy) is 1. The van der Waals surface area contributed by atoms with Crippen molar-refractivity contribution < 1.29 is 9.53 Å². The molecule has 17 heavy (non-hydrogen) atoms. The van der Waals surface area contributed by atoms with Crippen molar-refractivity contribution in [2.75, 3.05) is 6.61 Å². The van der Waals surface area contributed by atoms with Gasteiger partial charge in [0.25, 0.3) is 0 Å². The van der Waals surface area contributed by atoms with Gasteiger partial charge in [0.15, 0.2) is 0 Å². The first kappa shape index (κ1) is 13.2. The molecule has 0 atom stereocenters. The minimum Gasteiger partial charge on any atom is -0.461 e. The number of carbonyl (C=O) groups excluding carboxylic acids is 1. The second-order valence-electron chi connectivity index (χ2n) is 3.67. The lowest BCUT2D eigenvalue weighted by atomic mass is 10.0. The van der Waals surface area contributed by atoms with Crippen molar-refractivity contribution in [3.63, 3.8) is 0 Å². The molecule has 0 aliphatic rings. The van der Waals surface area contributed by atoms with Gasteiger partial charge in [-0.3, -0.25) is 4.99 Å². The Hall–Kier alpha value is -1.90. The molecule has 3 nitrogen and oxygen atoms in total. The Balaban J connectivity index is 2.86. The highest BCUT2D eigenvalue weighted by molar-refractivity contribution is 5.89. The fourth-order valence-electron chi connectivity index (χ4n) is 1.56. The lowest BCUT2D eigenvalue weighted by Gasteiger charge is -2.07. The second-order valence-corrected chi connectivity index (χ2v) is 3.67. The van der Waals surface area contributed by atoms with E-state index in [-0.39, 0.29) is 0 Å². The van der Waals surface area contributed by atoms with Gasteiger partial charge in [-0.25, -0.2) is 4.79 Å². The summed E-state index contributed by atoms with van der Waals surface area (Å²) in [4.78, 5) is 15.3. The van der Waals surface area contributed by atoms with Crippen molar-refractivity contribution >= 4 is 12.7 Å². The van der Waals surface area contributed by atoms with Crippen molar-refractivity contribution in [3.8, 4) is 0 Å². The fourth-order valence-corrected chi connectivity index (χ4v) is 1.56. The van der Waals surface area contributed by atoms with E-state index < -0.39 is 5.97 Å². The van der Waals surface area contributed by atoms with Gasteiger partial charge in [-0.15, -0.1) is 0 Å². The third kappa shape index (κ3) is 3.87. The van der Waals surface area contributed by atoms with Gasteiger partial charge in [-0.2, -0.15) is 0 Å². The molecule has 0 heterocycles. The Morgan fingerprint density at radius 3 is 2.53 bits per heavy atom. The summed E-state index contributed by atoms with van der Waals surface area (Å²) in [5, 5.41) is 0. The number of rotatable bonds is 5. The van der Waals surface area contributed by atoms with Gasteiger partial charge in [0, 0.05) is 0 Å². The van der Waals surface area contributed by atoms with Crippen LogP contribution in [0.25, 0.3) is 0 Å². The summed E-state index contributed by atoms with van der Waals surface area (Å²) >= 11 is 0. The number of nitrogens with zero attached hydrogens (tertiary/aromatic N) is 1. The SMILES string of the molecule is C=N/C(C(=O)OCC)=C(/C)Cc1ccccc1. The normalized spacial score (nSPS) is 11.6. The van der Waals surface area contributed by atoms with Crippen LogP contribution < -0.4 is 0 Å². The van der Waals surface area contributed by atoms with Gasteiger partial charge >= 0.3 is 5.97 Å². The number of hydrogen-bond donors (Lipinski definition) is 0.